The van der Waals surface area contributed by atoms with Crippen molar-refractivity contribution in [2.24, 2.45) is 14.1 Å². The molecule has 8 heteroatoms. The van der Waals surface area contributed by atoms with Crippen LogP contribution in [0.4, 0.5) is 0 Å². The normalized spacial score (nSPS) is 17.6. The van der Waals surface area contributed by atoms with Gasteiger partial charge in [0.1, 0.15) is 5.65 Å². The topological polar surface area (TPSA) is 80.4 Å². The Kier molecular flexibility index (Phi) is 5.97. The van der Waals surface area contributed by atoms with Crippen LogP contribution >= 0.6 is 0 Å². The zero-order chi connectivity index (χ0) is 23.0. The van der Waals surface area contributed by atoms with Crippen LogP contribution in [0.5, 0.6) is 0 Å². The molecular formula is C24H29N5O3. The van der Waals surface area contributed by atoms with E-state index in [4.69, 9.17) is 0 Å². The van der Waals surface area contributed by atoms with Crippen molar-refractivity contribution < 1.29 is 4.79 Å². The number of aromatic nitrogens is 3. The smallest absolute Gasteiger partial charge is 0.332 e. The molecule has 2 unspecified atom stereocenters. The van der Waals surface area contributed by atoms with Gasteiger partial charge in [-0.15, -0.1) is 0 Å². The van der Waals surface area contributed by atoms with Gasteiger partial charge in [-0.3, -0.25) is 23.6 Å². The third-order valence-corrected chi connectivity index (χ3v) is 6.61. The summed E-state index contributed by atoms with van der Waals surface area (Å²) in [4.78, 5) is 46.7. The molecule has 1 saturated heterocycles. The molecule has 1 amide bonds. The number of carbonyl (C=O) groups excluding carboxylic acids is 1. The molecule has 32 heavy (non-hydrogen) atoms. The van der Waals surface area contributed by atoms with E-state index in [1.54, 1.807) is 13.1 Å². The Morgan fingerprint density at radius 3 is 2.59 bits per heavy atom. The largest absolute Gasteiger partial charge is 0.335 e. The summed E-state index contributed by atoms with van der Waals surface area (Å²) in [6.45, 7) is 6.46. The van der Waals surface area contributed by atoms with Crippen molar-refractivity contribution >= 4 is 16.9 Å². The third kappa shape index (κ3) is 3.75. The van der Waals surface area contributed by atoms with Crippen molar-refractivity contribution in [3.05, 3.63) is 74.6 Å². The summed E-state index contributed by atoms with van der Waals surface area (Å²) in [5, 5.41) is 0.266. The SMILES string of the molecule is CCN(C(=O)c1cnc2c(c1)c(=O)n(C)c(=O)n2C)C1CCN(C(C)c2ccccc2)C1. The van der Waals surface area contributed by atoms with E-state index in [-0.39, 0.29) is 29.0 Å². The molecule has 0 saturated carbocycles. The minimum Gasteiger partial charge on any atom is -0.335 e. The summed E-state index contributed by atoms with van der Waals surface area (Å²) >= 11 is 0. The highest BCUT2D eigenvalue weighted by atomic mass is 16.2. The van der Waals surface area contributed by atoms with E-state index in [9.17, 15) is 14.4 Å². The fourth-order valence-electron chi connectivity index (χ4n) is 4.63. The Morgan fingerprint density at radius 1 is 1.19 bits per heavy atom. The predicted octanol–water partition coefficient (Wildman–Crippen LogP) is 1.93. The summed E-state index contributed by atoms with van der Waals surface area (Å²) in [7, 11) is 3.00. The summed E-state index contributed by atoms with van der Waals surface area (Å²) in [6, 6.07) is 12.3. The van der Waals surface area contributed by atoms with Crippen LogP contribution in [0.3, 0.4) is 0 Å². The summed E-state index contributed by atoms with van der Waals surface area (Å²) < 4.78 is 2.36. The van der Waals surface area contributed by atoms with Crippen molar-refractivity contribution in [3.8, 4) is 0 Å². The summed E-state index contributed by atoms with van der Waals surface area (Å²) in [5.41, 5.74) is 1.02. The minimum absolute atomic E-state index is 0.0947. The van der Waals surface area contributed by atoms with Gasteiger partial charge in [0.15, 0.2) is 0 Å². The molecule has 2 atom stereocenters. The number of carbonyl (C=O) groups is 1. The highest BCUT2D eigenvalue weighted by Crippen LogP contribution is 2.27. The predicted molar refractivity (Wildman–Crippen MR) is 124 cm³/mol. The number of amides is 1. The van der Waals surface area contributed by atoms with Crippen LogP contribution in [0.1, 0.15) is 42.2 Å². The molecular weight excluding hydrogens is 406 g/mol. The van der Waals surface area contributed by atoms with Gasteiger partial charge in [0, 0.05) is 52.0 Å². The number of likely N-dealkylation sites (N-methyl/N-ethyl adjacent to an activating group) is 1. The maximum absolute atomic E-state index is 13.4. The lowest BCUT2D eigenvalue weighted by molar-refractivity contribution is 0.0689. The van der Waals surface area contributed by atoms with Crippen LogP contribution in [0.2, 0.25) is 0 Å². The Labute approximate surface area is 186 Å². The van der Waals surface area contributed by atoms with Crippen molar-refractivity contribution in [3.63, 3.8) is 0 Å². The number of aryl methyl sites for hydroxylation is 1. The zero-order valence-corrected chi connectivity index (χ0v) is 19.0. The monoisotopic (exact) mass is 435 g/mol. The minimum atomic E-state index is -0.447. The lowest BCUT2D eigenvalue weighted by Gasteiger charge is -2.30. The Balaban J connectivity index is 1.59. The highest BCUT2D eigenvalue weighted by molar-refractivity contribution is 5.97. The van der Waals surface area contributed by atoms with E-state index >= 15 is 0 Å². The van der Waals surface area contributed by atoms with Gasteiger partial charge in [0.25, 0.3) is 11.5 Å². The van der Waals surface area contributed by atoms with Crippen LogP contribution in [-0.4, -0.2) is 55.5 Å². The molecule has 0 bridgehead atoms. The zero-order valence-electron chi connectivity index (χ0n) is 19.0. The van der Waals surface area contributed by atoms with E-state index < -0.39 is 11.2 Å². The van der Waals surface area contributed by atoms with Crippen LogP contribution < -0.4 is 11.2 Å². The van der Waals surface area contributed by atoms with Crippen molar-refractivity contribution in [1.82, 2.24) is 23.9 Å². The molecule has 8 nitrogen and oxygen atoms in total. The first-order valence-corrected chi connectivity index (χ1v) is 11.0. The van der Waals surface area contributed by atoms with E-state index in [1.807, 2.05) is 30.0 Å². The van der Waals surface area contributed by atoms with Gasteiger partial charge < -0.3 is 4.90 Å². The second-order valence-electron chi connectivity index (χ2n) is 8.42. The molecule has 4 rings (SSSR count). The molecule has 0 spiro atoms. The van der Waals surface area contributed by atoms with Gasteiger partial charge in [-0.2, -0.15) is 0 Å². The maximum atomic E-state index is 13.4. The molecule has 168 valence electrons. The fourth-order valence-corrected chi connectivity index (χ4v) is 4.63. The summed E-state index contributed by atoms with van der Waals surface area (Å²) in [6.07, 6.45) is 2.36. The number of hydrogen-bond donors (Lipinski definition) is 0. The van der Waals surface area contributed by atoms with E-state index in [0.29, 0.717) is 12.1 Å². The van der Waals surface area contributed by atoms with E-state index in [2.05, 4.69) is 28.9 Å². The molecule has 2 aromatic heterocycles. The van der Waals surface area contributed by atoms with E-state index in [1.165, 1.54) is 23.4 Å². The van der Waals surface area contributed by atoms with Crippen molar-refractivity contribution in [2.75, 3.05) is 19.6 Å². The average Bonchev–Trinajstić information content (AvgIpc) is 3.31. The van der Waals surface area contributed by atoms with Crippen LogP contribution in [-0.2, 0) is 14.1 Å². The van der Waals surface area contributed by atoms with Gasteiger partial charge in [-0.1, -0.05) is 30.3 Å². The Morgan fingerprint density at radius 2 is 1.91 bits per heavy atom. The second kappa shape index (κ2) is 8.70. The average molecular weight is 436 g/mol. The molecule has 3 aromatic rings. The van der Waals surface area contributed by atoms with Gasteiger partial charge in [-0.25, -0.2) is 9.78 Å². The van der Waals surface area contributed by atoms with Crippen molar-refractivity contribution in [2.45, 2.75) is 32.4 Å². The van der Waals surface area contributed by atoms with Gasteiger partial charge in [0.2, 0.25) is 0 Å². The molecule has 0 radical (unpaired) electrons. The third-order valence-electron chi connectivity index (χ3n) is 6.61. The van der Waals surface area contributed by atoms with Gasteiger partial charge >= 0.3 is 5.69 Å². The molecule has 1 aromatic carbocycles. The number of fused-ring (bicyclic) bond motifs is 1. The summed E-state index contributed by atoms with van der Waals surface area (Å²) in [5.74, 6) is -0.142. The molecule has 1 aliphatic rings. The van der Waals surface area contributed by atoms with E-state index in [0.717, 1.165) is 24.1 Å². The number of pyridine rings is 1. The molecule has 1 aliphatic heterocycles. The first kappa shape index (κ1) is 22.0. The molecule has 1 fully saturated rings. The van der Waals surface area contributed by atoms with Crippen LogP contribution in [0.15, 0.2) is 52.2 Å². The molecule has 0 N–H and O–H groups in total. The van der Waals surface area contributed by atoms with Crippen LogP contribution in [0.25, 0.3) is 11.0 Å². The number of likely N-dealkylation sites (tertiary alicyclic amines) is 1. The highest BCUT2D eigenvalue weighted by Gasteiger charge is 2.33. The quantitative estimate of drug-likeness (QED) is 0.612. The first-order valence-electron chi connectivity index (χ1n) is 11.0. The Hall–Kier alpha value is -3.26. The van der Waals surface area contributed by atoms with Crippen molar-refractivity contribution in [1.29, 1.82) is 0 Å². The second-order valence-corrected chi connectivity index (χ2v) is 8.42. The van der Waals surface area contributed by atoms with Gasteiger partial charge in [-0.05, 0) is 31.9 Å². The maximum Gasteiger partial charge on any atom is 0.332 e. The number of nitrogens with zero attached hydrogens (tertiary/aromatic N) is 5. The van der Waals surface area contributed by atoms with Crippen LogP contribution in [0, 0.1) is 0 Å². The first-order chi connectivity index (χ1) is 15.3. The Bertz CT molecular complexity index is 1260. The fraction of sp³-hybridized carbons (Fsp3) is 0.417. The number of rotatable bonds is 5. The van der Waals surface area contributed by atoms with Gasteiger partial charge in [0.05, 0.1) is 10.9 Å². The molecule has 3 heterocycles. The standard InChI is InChI=1S/C24H29N5O3/c1-5-29(19-11-12-28(15-19)16(2)17-9-7-6-8-10-17)22(30)18-13-20-21(25-14-18)26(3)24(32)27(4)23(20)31/h6-10,13-14,16,19H,5,11-12,15H2,1-4H3. The lowest BCUT2D eigenvalue weighted by atomic mass is 10.1. The lowest BCUT2D eigenvalue weighted by Crippen LogP contribution is -2.42. The number of hydrogen-bond acceptors (Lipinski definition) is 5. The molecule has 0 aliphatic carbocycles. The number of benzene rings is 1.